The highest BCUT2D eigenvalue weighted by molar-refractivity contribution is 4.59. The molecule has 0 amide bonds. The second-order valence-electron chi connectivity index (χ2n) is 4.16. The molecule has 3 heteroatoms. The van der Waals surface area contributed by atoms with E-state index in [1.54, 1.807) is 0 Å². The maximum absolute atomic E-state index is 9.52. The summed E-state index contributed by atoms with van der Waals surface area (Å²) < 4.78 is 0. The zero-order chi connectivity index (χ0) is 10.8. The predicted octanol–water partition coefficient (Wildman–Crippen LogP) is 1.08. The summed E-state index contributed by atoms with van der Waals surface area (Å²) in [6.07, 6.45) is 4.21. The van der Waals surface area contributed by atoms with Crippen LogP contribution < -0.4 is 5.32 Å². The van der Waals surface area contributed by atoms with Crippen LogP contribution in [0.2, 0.25) is 0 Å². The molecular formula is C11H26N2O. The number of unbranched alkanes of at least 4 members (excludes halogenated alkanes) is 1. The van der Waals surface area contributed by atoms with E-state index in [4.69, 9.17) is 0 Å². The van der Waals surface area contributed by atoms with E-state index in [9.17, 15) is 5.11 Å². The fourth-order valence-corrected chi connectivity index (χ4v) is 1.33. The van der Waals surface area contributed by atoms with Crippen LogP contribution >= 0.6 is 0 Å². The number of nitrogens with zero attached hydrogens (tertiary/aromatic N) is 1. The monoisotopic (exact) mass is 202 g/mol. The largest absolute Gasteiger partial charge is 0.392 e. The lowest BCUT2D eigenvalue weighted by molar-refractivity contribution is 0.158. The Balaban J connectivity index is 3.10. The molecule has 0 aliphatic heterocycles. The molecule has 2 N–H and O–H groups in total. The zero-order valence-electron chi connectivity index (χ0n) is 9.92. The number of rotatable bonds is 9. The van der Waals surface area contributed by atoms with E-state index in [2.05, 4.69) is 31.2 Å². The minimum Gasteiger partial charge on any atom is -0.392 e. The normalized spacial score (nSPS) is 13.5. The van der Waals surface area contributed by atoms with Gasteiger partial charge >= 0.3 is 0 Å². The first-order valence-electron chi connectivity index (χ1n) is 5.70. The summed E-state index contributed by atoms with van der Waals surface area (Å²) >= 11 is 0. The molecule has 0 fully saturated rings. The molecule has 3 nitrogen and oxygen atoms in total. The van der Waals surface area contributed by atoms with E-state index < -0.39 is 0 Å². The Labute approximate surface area is 88.5 Å². The van der Waals surface area contributed by atoms with Gasteiger partial charge in [0.05, 0.1) is 6.10 Å². The van der Waals surface area contributed by atoms with Crippen molar-refractivity contribution in [1.29, 1.82) is 0 Å². The van der Waals surface area contributed by atoms with Crippen LogP contribution in [0.15, 0.2) is 0 Å². The summed E-state index contributed by atoms with van der Waals surface area (Å²) in [5.74, 6) is 0. The molecule has 86 valence electrons. The van der Waals surface area contributed by atoms with E-state index in [1.807, 2.05) is 0 Å². The molecule has 0 aliphatic carbocycles. The maximum atomic E-state index is 9.52. The Morgan fingerprint density at radius 3 is 2.57 bits per heavy atom. The molecule has 14 heavy (non-hydrogen) atoms. The van der Waals surface area contributed by atoms with Gasteiger partial charge in [-0.3, -0.25) is 0 Å². The SMILES string of the molecule is CCCCC(O)CNCCCN(C)C. The van der Waals surface area contributed by atoms with Crippen molar-refractivity contribution in [2.45, 2.75) is 38.7 Å². The Morgan fingerprint density at radius 2 is 2.00 bits per heavy atom. The second kappa shape index (κ2) is 9.44. The van der Waals surface area contributed by atoms with Crippen molar-refractivity contribution in [3.05, 3.63) is 0 Å². The van der Waals surface area contributed by atoms with Crippen molar-refractivity contribution in [2.75, 3.05) is 33.7 Å². The van der Waals surface area contributed by atoms with Gasteiger partial charge in [0, 0.05) is 6.54 Å². The fourth-order valence-electron chi connectivity index (χ4n) is 1.33. The summed E-state index contributed by atoms with van der Waals surface area (Å²) in [6, 6.07) is 0. The lowest BCUT2D eigenvalue weighted by atomic mass is 10.1. The average molecular weight is 202 g/mol. The molecule has 0 spiro atoms. The number of hydrogen-bond donors (Lipinski definition) is 2. The Kier molecular flexibility index (Phi) is 9.35. The highest BCUT2D eigenvalue weighted by atomic mass is 16.3. The van der Waals surface area contributed by atoms with Crippen LogP contribution in [0, 0.1) is 0 Å². The van der Waals surface area contributed by atoms with Gasteiger partial charge in [-0.2, -0.15) is 0 Å². The summed E-state index contributed by atoms with van der Waals surface area (Å²) in [5.41, 5.74) is 0. The quantitative estimate of drug-likeness (QED) is 0.549. The van der Waals surface area contributed by atoms with Crippen molar-refractivity contribution in [3.8, 4) is 0 Å². The Bertz CT molecular complexity index is 118. The summed E-state index contributed by atoms with van der Waals surface area (Å²) in [5, 5.41) is 12.8. The molecule has 0 saturated carbocycles. The molecule has 0 saturated heterocycles. The minimum atomic E-state index is -0.158. The van der Waals surface area contributed by atoms with Crippen LogP contribution in [0.25, 0.3) is 0 Å². The molecule has 0 aromatic rings. The second-order valence-corrected chi connectivity index (χ2v) is 4.16. The van der Waals surface area contributed by atoms with Crippen LogP contribution in [0.3, 0.4) is 0 Å². The van der Waals surface area contributed by atoms with Crippen LogP contribution in [0.4, 0.5) is 0 Å². The number of nitrogens with one attached hydrogen (secondary N) is 1. The maximum Gasteiger partial charge on any atom is 0.0664 e. The molecular weight excluding hydrogens is 176 g/mol. The summed E-state index contributed by atoms with van der Waals surface area (Å²) in [6.45, 7) is 5.00. The third kappa shape index (κ3) is 9.96. The van der Waals surface area contributed by atoms with E-state index in [0.29, 0.717) is 0 Å². The third-order valence-corrected chi connectivity index (χ3v) is 2.23. The van der Waals surface area contributed by atoms with Crippen molar-refractivity contribution in [1.82, 2.24) is 10.2 Å². The van der Waals surface area contributed by atoms with Gasteiger partial charge in [-0.05, 0) is 40.0 Å². The summed E-state index contributed by atoms with van der Waals surface area (Å²) in [7, 11) is 4.16. The average Bonchev–Trinajstić information content (AvgIpc) is 2.13. The highest BCUT2D eigenvalue weighted by Crippen LogP contribution is 1.98. The van der Waals surface area contributed by atoms with Gasteiger partial charge in [-0.15, -0.1) is 0 Å². The number of hydrogen-bond acceptors (Lipinski definition) is 3. The smallest absolute Gasteiger partial charge is 0.0664 e. The lowest BCUT2D eigenvalue weighted by Gasteiger charge is -2.12. The van der Waals surface area contributed by atoms with Gasteiger partial charge in [0.2, 0.25) is 0 Å². The van der Waals surface area contributed by atoms with Gasteiger partial charge < -0.3 is 15.3 Å². The van der Waals surface area contributed by atoms with E-state index >= 15 is 0 Å². The van der Waals surface area contributed by atoms with Crippen molar-refractivity contribution in [2.24, 2.45) is 0 Å². The predicted molar refractivity (Wildman–Crippen MR) is 61.6 cm³/mol. The molecule has 0 heterocycles. The van der Waals surface area contributed by atoms with Crippen LogP contribution in [-0.4, -0.2) is 49.8 Å². The van der Waals surface area contributed by atoms with Crippen molar-refractivity contribution in [3.63, 3.8) is 0 Å². The fraction of sp³-hybridized carbons (Fsp3) is 1.00. The van der Waals surface area contributed by atoms with Gasteiger partial charge in [-0.25, -0.2) is 0 Å². The first-order chi connectivity index (χ1) is 6.66. The number of aliphatic hydroxyl groups excluding tert-OH is 1. The topological polar surface area (TPSA) is 35.5 Å². The molecule has 1 atom stereocenters. The third-order valence-electron chi connectivity index (χ3n) is 2.23. The van der Waals surface area contributed by atoms with E-state index in [0.717, 1.165) is 45.3 Å². The molecule has 0 rings (SSSR count). The molecule has 0 bridgehead atoms. The first kappa shape index (κ1) is 13.9. The minimum absolute atomic E-state index is 0.158. The Hall–Kier alpha value is -0.120. The van der Waals surface area contributed by atoms with Gasteiger partial charge in [0.25, 0.3) is 0 Å². The number of aliphatic hydroxyl groups is 1. The van der Waals surface area contributed by atoms with Gasteiger partial charge in [0.1, 0.15) is 0 Å². The van der Waals surface area contributed by atoms with Crippen molar-refractivity contribution >= 4 is 0 Å². The lowest BCUT2D eigenvalue weighted by Crippen LogP contribution is -2.29. The van der Waals surface area contributed by atoms with Crippen LogP contribution in [-0.2, 0) is 0 Å². The van der Waals surface area contributed by atoms with Gasteiger partial charge in [-0.1, -0.05) is 19.8 Å². The first-order valence-corrected chi connectivity index (χ1v) is 5.70. The zero-order valence-corrected chi connectivity index (χ0v) is 9.92. The Morgan fingerprint density at radius 1 is 1.29 bits per heavy atom. The van der Waals surface area contributed by atoms with E-state index in [1.165, 1.54) is 0 Å². The molecule has 0 radical (unpaired) electrons. The standard InChI is InChI=1S/C11H26N2O/c1-4-5-7-11(14)10-12-8-6-9-13(2)3/h11-12,14H,4-10H2,1-3H3. The molecule has 1 unspecified atom stereocenters. The van der Waals surface area contributed by atoms with Gasteiger partial charge in [0.15, 0.2) is 0 Å². The highest BCUT2D eigenvalue weighted by Gasteiger charge is 2.01. The molecule has 0 aromatic carbocycles. The molecule has 0 aliphatic rings. The van der Waals surface area contributed by atoms with E-state index in [-0.39, 0.29) is 6.10 Å². The van der Waals surface area contributed by atoms with Crippen LogP contribution in [0.5, 0.6) is 0 Å². The van der Waals surface area contributed by atoms with Crippen molar-refractivity contribution < 1.29 is 5.11 Å². The summed E-state index contributed by atoms with van der Waals surface area (Å²) in [4.78, 5) is 2.18. The molecule has 0 aromatic heterocycles. The van der Waals surface area contributed by atoms with Crippen LogP contribution in [0.1, 0.15) is 32.6 Å².